The van der Waals surface area contributed by atoms with Crippen LogP contribution < -0.4 is 0 Å². The fraction of sp³-hybridized carbons (Fsp3) is 0.750. The van der Waals surface area contributed by atoms with Crippen LogP contribution in [0.4, 0.5) is 0 Å². The maximum absolute atomic E-state index is 12.0. The summed E-state index contributed by atoms with van der Waals surface area (Å²) in [6.07, 6.45) is 7.73. The molecule has 2 aliphatic rings. The molecule has 2 rings (SSSR count). The Morgan fingerprint density at radius 3 is 2.40 bits per heavy atom. The number of halogens is 1. The van der Waals surface area contributed by atoms with Crippen molar-refractivity contribution in [1.29, 1.82) is 0 Å². The molecule has 3 unspecified atom stereocenters. The van der Waals surface area contributed by atoms with E-state index in [4.69, 9.17) is 0 Å². The molecule has 15 heavy (non-hydrogen) atoms. The van der Waals surface area contributed by atoms with Crippen LogP contribution in [-0.4, -0.2) is 28.7 Å². The van der Waals surface area contributed by atoms with Crippen molar-refractivity contribution >= 4 is 21.8 Å². The summed E-state index contributed by atoms with van der Waals surface area (Å²) < 4.78 is 0. The highest BCUT2D eigenvalue weighted by atomic mass is 79.9. The standard InChI is InChI=1S/C12H18BrNO/c1-2-11(13)12(15)14-7-9-5-3-4-6-10(9)8-14/h3-4,9-11H,2,5-8H2,1H3. The van der Waals surface area contributed by atoms with Crippen molar-refractivity contribution in [1.82, 2.24) is 4.90 Å². The van der Waals surface area contributed by atoms with E-state index < -0.39 is 0 Å². The Balaban J connectivity index is 1.95. The second kappa shape index (κ2) is 4.69. The first-order valence-electron chi connectivity index (χ1n) is 5.80. The molecule has 84 valence electrons. The van der Waals surface area contributed by atoms with E-state index in [-0.39, 0.29) is 10.7 Å². The number of allylic oxidation sites excluding steroid dienone is 2. The molecule has 1 fully saturated rings. The lowest BCUT2D eigenvalue weighted by Crippen LogP contribution is -2.34. The molecule has 0 radical (unpaired) electrons. The van der Waals surface area contributed by atoms with Gasteiger partial charge in [-0.3, -0.25) is 4.79 Å². The van der Waals surface area contributed by atoms with E-state index in [1.54, 1.807) is 0 Å². The zero-order valence-corrected chi connectivity index (χ0v) is 10.7. The van der Waals surface area contributed by atoms with E-state index in [0.29, 0.717) is 0 Å². The first-order valence-corrected chi connectivity index (χ1v) is 6.71. The number of hydrogen-bond acceptors (Lipinski definition) is 1. The number of hydrogen-bond donors (Lipinski definition) is 0. The minimum Gasteiger partial charge on any atom is -0.341 e. The average Bonchev–Trinajstić information content (AvgIpc) is 2.70. The predicted octanol–water partition coefficient (Wildman–Crippen LogP) is 2.58. The van der Waals surface area contributed by atoms with Crippen LogP contribution in [0.15, 0.2) is 12.2 Å². The first-order chi connectivity index (χ1) is 7.22. The summed E-state index contributed by atoms with van der Waals surface area (Å²) in [7, 11) is 0. The number of nitrogens with zero attached hydrogens (tertiary/aromatic N) is 1. The second-order valence-corrected chi connectivity index (χ2v) is 5.69. The molecule has 1 heterocycles. The maximum Gasteiger partial charge on any atom is 0.236 e. The molecule has 0 spiro atoms. The number of carbonyl (C=O) groups excluding carboxylic acids is 1. The van der Waals surface area contributed by atoms with Gasteiger partial charge < -0.3 is 4.90 Å². The number of rotatable bonds is 2. The summed E-state index contributed by atoms with van der Waals surface area (Å²) in [5.41, 5.74) is 0. The minimum absolute atomic E-state index is 0.0191. The molecule has 0 aromatic rings. The lowest BCUT2D eigenvalue weighted by atomic mass is 9.86. The quantitative estimate of drug-likeness (QED) is 0.559. The van der Waals surface area contributed by atoms with Crippen molar-refractivity contribution in [3.8, 4) is 0 Å². The van der Waals surface area contributed by atoms with Gasteiger partial charge in [-0.2, -0.15) is 0 Å². The fourth-order valence-electron chi connectivity index (χ4n) is 2.57. The van der Waals surface area contributed by atoms with E-state index in [0.717, 1.165) is 44.2 Å². The van der Waals surface area contributed by atoms with Gasteiger partial charge in [-0.15, -0.1) is 0 Å². The minimum atomic E-state index is 0.0191. The van der Waals surface area contributed by atoms with Gasteiger partial charge in [0.2, 0.25) is 5.91 Å². The molecule has 0 bridgehead atoms. The predicted molar refractivity (Wildman–Crippen MR) is 64.9 cm³/mol. The van der Waals surface area contributed by atoms with Crippen LogP contribution in [-0.2, 0) is 4.79 Å². The van der Waals surface area contributed by atoms with Gasteiger partial charge in [0.1, 0.15) is 0 Å². The molecule has 2 nitrogen and oxygen atoms in total. The third-order valence-corrected chi connectivity index (χ3v) is 4.60. The Labute approximate surface area is 99.8 Å². The Morgan fingerprint density at radius 1 is 1.40 bits per heavy atom. The molecule has 1 saturated heterocycles. The van der Waals surface area contributed by atoms with Gasteiger partial charge >= 0.3 is 0 Å². The molecular formula is C12H18BrNO. The summed E-state index contributed by atoms with van der Waals surface area (Å²) >= 11 is 3.44. The maximum atomic E-state index is 12.0. The van der Waals surface area contributed by atoms with Crippen molar-refractivity contribution in [2.24, 2.45) is 11.8 Å². The fourth-order valence-corrected chi connectivity index (χ4v) is 2.86. The summed E-state index contributed by atoms with van der Waals surface area (Å²) in [6.45, 7) is 3.98. The average molecular weight is 272 g/mol. The molecule has 3 heteroatoms. The van der Waals surface area contributed by atoms with E-state index in [9.17, 15) is 4.79 Å². The SMILES string of the molecule is CCC(Br)C(=O)N1CC2CC=CCC2C1. The molecule has 1 aliphatic heterocycles. The monoisotopic (exact) mass is 271 g/mol. The summed E-state index contributed by atoms with van der Waals surface area (Å²) in [4.78, 5) is 14.0. The number of carbonyl (C=O) groups is 1. The molecule has 3 atom stereocenters. The highest BCUT2D eigenvalue weighted by Crippen LogP contribution is 2.33. The summed E-state index contributed by atoms with van der Waals surface area (Å²) in [5.74, 6) is 1.72. The van der Waals surface area contributed by atoms with Crippen LogP contribution in [0.5, 0.6) is 0 Å². The van der Waals surface area contributed by atoms with Crippen LogP contribution in [0.3, 0.4) is 0 Å². The van der Waals surface area contributed by atoms with E-state index >= 15 is 0 Å². The smallest absolute Gasteiger partial charge is 0.236 e. The van der Waals surface area contributed by atoms with Crippen LogP contribution in [0.25, 0.3) is 0 Å². The van der Waals surface area contributed by atoms with Gasteiger partial charge in [-0.25, -0.2) is 0 Å². The zero-order chi connectivity index (χ0) is 10.8. The Bertz CT molecular complexity index is 261. The van der Waals surface area contributed by atoms with Crippen molar-refractivity contribution in [2.75, 3.05) is 13.1 Å². The Hall–Kier alpha value is -0.310. The Kier molecular flexibility index (Phi) is 3.49. The molecule has 1 amide bonds. The lowest BCUT2D eigenvalue weighted by Gasteiger charge is -2.18. The van der Waals surface area contributed by atoms with E-state index in [1.165, 1.54) is 0 Å². The highest BCUT2D eigenvalue weighted by molar-refractivity contribution is 9.10. The molecular weight excluding hydrogens is 254 g/mol. The molecule has 0 saturated carbocycles. The number of amides is 1. The molecule has 1 aliphatic carbocycles. The van der Waals surface area contributed by atoms with Gasteiger partial charge in [-0.1, -0.05) is 35.0 Å². The third-order valence-electron chi connectivity index (χ3n) is 3.56. The topological polar surface area (TPSA) is 20.3 Å². The molecule has 0 aromatic heterocycles. The summed E-state index contributed by atoms with van der Waals surface area (Å²) in [6, 6.07) is 0. The van der Waals surface area contributed by atoms with Gasteiger partial charge in [-0.05, 0) is 31.1 Å². The van der Waals surface area contributed by atoms with Crippen LogP contribution >= 0.6 is 15.9 Å². The number of alkyl halides is 1. The lowest BCUT2D eigenvalue weighted by molar-refractivity contribution is -0.129. The van der Waals surface area contributed by atoms with Crippen LogP contribution in [0.2, 0.25) is 0 Å². The number of fused-ring (bicyclic) bond motifs is 1. The van der Waals surface area contributed by atoms with E-state index in [1.807, 2.05) is 11.8 Å². The molecule has 0 aromatic carbocycles. The van der Waals surface area contributed by atoms with Gasteiger partial charge in [0.15, 0.2) is 0 Å². The van der Waals surface area contributed by atoms with Gasteiger partial charge in [0, 0.05) is 13.1 Å². The van der Waals surface area contributed by atoms with Crippen molar-refractivity contribution < 1.29 is 4.79 Å². The van der Waals surface area contributed by atoms with Crippen LogP contribution in [0.1, 0.15) is 26.2 Å². The second-order valence-electron chi connectivity index (χ2n) is 4.58. The largest absolute Gasteiger partial charge is 0.341 e. The summed E-state index contributed by atoms with van der Waals surface area (Å²) in [5, 5.41) is 0. The van der Waals surface area contributed by atoms with Crippen molar-refractivity contribution in [3.63, 3.8) is 0 Å². The number of likely N-dealkylation sites (tertiary alicyclic amines) is 1. The molecule has 0 N–H and O–H groups in total. The Morgan fingerprint density at radius 2 is 1.93 bits per heavy atom. The van der Waals surface area contributed by atoms with Crippen molar-refractivity contribution in [2.45, 2.75) is 31.0 Å². The van der Waals surface area contributed by atoms with Gasteiger partial charge in [0.25, 0.3) is 0 Å². The third kappa shape index (κ3) is 2.27. The van der Waals surface area contributed by atoms with Crippen molar-refractivity contribution in [3.05, 3.63) is 12.2 Å². The highest BCUT2D eigenvalue weighted by Gasteiger charge is 2.36. The normalized spacial score (nSPS) is 31.5. The van der Waals surface area contributed by atoms with Crippen LogP contribution in [0, 0.1) is 11.8 Å². The van der Waals surface area contributed by atoms with E-state index in [2.05, 4.69) is 28.1 Å². The zero-order valence-electron chi connectivity index (χ0n) is 9.16. The first kappa shape index (κ1) is 11.2. The van der Waals surface area contributed by atoms with Gasteiger partial charge in [0.05, 0.1) is 4.83 Å².